The Morgan fingerprint density at radius 1 is 1.14 bits per heavy atom. The normalized spacial score (nSPS) is 11.0. The largest absolute Gasteiger partial charge is 0.318 e. The number of Topliss-reactive ketones (excluding diaryl/α,β-unsaturated/α-hetero) is 1. The van der Waals surface area contributed by atoms with E-state index in [1.807, 2.05) is 17.7 Å². The van der Waals surface area contributed by atoms with Crippen LogP contribution in [0, 0.1) is 6.92 Å². The summed E-state index contributed by atoms with van der Waals surface area (Å²) in [4.78, 5) is 15.7. The molecule has 4 heteroatoms. The molecule has 0 spiro atoms. The van der Waals surface area contributed by atoms with Crippen LogP contribution in [-0.4, -0.2) is 21.1 Å². The summed E-state index contributed by atoms with van der Waals surface area (Å²) < 4.78 is 1.98. The van der Waals surface area contributed by atoms with E-state index in [9.17, 15) is 4.79 Å². The van der Waals surface area contributed by atoms with Gasteiger partial charge in [0.25, 0.3) is 0 Å². The van der Waals surface area contributed by atoms with E-state index in [1.165, 1.54) is 51.4 Å². The maximum atomic E-state index is 11.2. The SMILES string of the molecule is CCCCCCCCCCSc1nc(C)cn1CC(C)=O. The van der Waals surface area contributed by atoms with Crippen molar-refractivity contribution in [3.05, 3.63) is 11.9 Å². The number of aromatic nitrogens is 2. The summed E-state index contributed by atoms with van der Waals surface area (Å²) in [5.41, 5.74) is 0.995. The molecule has 1 aromatic rings. The molecule has 1 heterocycles. The smallest absolute Gasteiger partial charge is 0.168 e. The first-order valence-electron chi connectivity index (χ1n) is 8.29. The lowest BCUT2D eigenvalue weighted by atomic mass is 10.1. The van der Waals surface area contributed by atoms with Crippen molar-refractivity contribution in [2.24, 2.45) is 0 Å². The number of carbonyl (C=O) groups excluding carboxylic acids is 1. The molecule has 3 nitrogen and oxygen atoms in total. The maximum absolute atomic E-state index is 11.2. The Kier molecular flexibility index (Phi) is 9.48. The first-order valence-corrected chi connectivity index (χ1v) is 9.28. The van der Waals surface area contributed by atoms with Gasteiger partial charge in [0.15, 0.2) is 5.16 Å². The fourth-order valence-electron chi connectivity index (χ4n) is 2.39. The van der Waals surface area contributed by atoms with Crippen molar-refractivity contribution in [3.63, 3.8) is 0 Å². The number of unbranched alkanes of at least 4 members (excludes halogenated alkanes) is 7. The van der Waals surface area contributed by atoms with Gasteiger partial charge in [-0.2, -0.15) is 0 Å². The van der Waals surface area contributed by atoms with Crippen LogP contribution >= 0.6 is 11.8 Å². The van der Waals surface area contributed by atoms with Crippen LogP contribution in [0.3, 0.4) is 0 Å². The molecule has 0 aromatic carbocycles. The van der Waals surface area contributed by atoms with Gasteiger partial charge in [0.1, 0.15) is 5.78 Å². The first kappa shape index (κ1) is 18.3. The molecule has 0 atom stereocenters. The Morgan fingerprint density at radius 2 is 1.76 bits per heavy atom. The quantitative estimate of drug-likeness (QED) is 0.402. The maximum Gasteiger partial charge on any atom is 0.168 e. The number of thioether (sulfide) groups is 1. The molecular formula is C17H30N2OS. The highest BCUT2D eigenvalue weighted by atomic mass is 32.2. The van der Waals surface area contributed by atoms with Gasteiger partial charge in [-0.3, -0.25) is 4.79 Å². The molecule has 0 amide bonds. The Hall–Kier alpha value is -0.770. The van der Waals surface area contributed by atoms with E-state index < -0.39 is 0 Å². The highest BCUT2D eigenvalue weighted by molar-refractivity contribution is 7.99. The lowest BCUT2D eigenvalue weighted by Crippen LogP contribution is -2.06. The monoisotopic (exact) mass is 310 g/mol. The van der Waals surface area contributed by atoms with Crippen LogP contribution in [0.2, 0.25) is 0 Å². The zero-order valence-electron chi connectivity index (χ0n) is 13.9. The van der Waals surface area contributed by atoms with Gasteiger partial charge in [0.05, 0.1) is 12.2 Å². The average molecular weight is 311 g/mol. The van der Waals surface area contributed by atoms with Crippen LogP contribution in [-0.2, 0) is 11.3 Å². The highest BCUT2D eigenvalue weighted by Gasteiger charge is 2.07. The van der Waals surface area contributed by atoms with Crippen molar-refractivity contribution >= 4 is 17.5 Å². The van der Waals surface area contributed by atoms with Gasteiger partial charge in [-0.05, 0) is 20.3 Å². The van der Waals surface area contributed by atoms with E-state index in [0.717, 1.165) is 16.6 Å². The van der Waals surface area contributed by atoms with Crippen LogP contribution in [0.4, 0.5) is 0 Å². The van der Waals surface area contributed by atoms with Gasteiger partial charge in [-0.25, -0.2) is 4.98 Å². The second-order valence-corrected chi connectivity index (χ2v) is 6.88. The van der Waals surface area contributed by atoms with Crippen LogP contribution in [0.25, 0.3) is 0 Å². The van der Waals surface area contributed by atoms with Gasteiger partial charge in [0, 0.05) is 11.9 Å². The predicted octanol–water partition coefficient (Wildman–Crippen LogP) is 5.01. The first-order chi connectivity index (χ1) is 10.1. The minimum atomic E-state index is 0.182. The van der Waals surface area contributed by atoms with Crippen molar-refractivity contribution < 1.29 is 4.79 Å². The Bertz CT molecular complexity index is 415. The summed E-state index contributed by atoms with van der Waals surface area (Å²) in [5.74, 6) is 1.28. The fraction of sp³-hybridized carbons (Fsp3) is 0.765. The van der Waals surface area contributed by atoms with Crippen LogP contribution in [0.15, 0.2) is 11.4 Å². The molecule has 0 aliphatic carbocycles. The van der Waals surface area contributed by atoms with Gasteiger partial charge < -0.3 is 4.57 Å². The lowest BCUT2D eigenvalue weighted by Gasteiger charge is -2.05. The number of nitrogens with zero attached hydrogens (tertiary/aromatic N) is 2. The second kappa shape index (κ2) is 10.9. The molecule has 0 saturated heterocycles. The molecule has 0 N–H and O–H groups in total. The highest BCUT2D eigenvalue weighted by Crippen LogP contribution is 2.20. The minimum absolute atomic E-state index is 0.182. The molecule has 0 aliphatic rings. The summed E-state index contributed by atoms with van der Waals surface area (Å²) in [7, 11) is 0. The van der Waals surface area contributed by atoms with Crippen molar-refractivity contribution in [3.8, 4) is 0 Å². The molecular weight excluding hydrogens is 280 g/mol. The van der Waals surface area contributed by atoms with Crippen molar-refractivity contribution in [2.75, 3.05) is 5.75 Å². The molecule has 0 saturated carbocycles. The molecule has 0 unspecified atom stereocenters. The van der Waals surface area contributed by atoms with Gasteiger partial charge in [0.2, 0.25) is 0 Å². The minimum Gasteiger partial charge on any atom is -0.318 e. The molecule has 0 radical (unpaired) electrons. The van der Waals surface area contributed by atoms with E-state index in [4.69, 9.17) is 0 Å². The number of hydrogen-bond acceptors (Lipinski definition) is 3. The number of aryl methyl sites for hydroxylation is 1. The summed E-state index contributed by atoms with van der Waals surface area (Å²) >= 11 is 1.78. The van der Waals surface area contributed by atoms with Crippen molar-refractivity contribution in [1.29, 1.82) is 0 Å². The van der Waals surface area contributed by atoms with Gasteiger partial charge in [-0.15, -0.1) is 0 Å². The zero-order chi connectivity index (χ0) is 15.5. The molecule has 0 fully saturated rings. The zero-order valence-corrected chi connectivity index (χ0v) is 14.7. The van der Waals surface area contributed by atoms with E-state index in [1.54, 1.807) is 18.7 Å². The molecule has 120 valence electrons. The summed E-state index contributed by atoms with van der Waals surface area (Å²) in [6.07, 6.45) is 12.7. The van der Waals surface area contributed by atoms with Crippen LogP contribution < -0.4 is 0 Å². The number of ketones is 1. The van der Waals surface area contributed by atoms with E-state index >= 15 is 0 Å². The van der Waals surface area contributed by atoms with Gasteiger partial charge in [-0.1, -0.05) is 63.6 Å². The van der Waals surface area contributed by atoms with Crippen LogP contribution in [0.1, 0.15) is 70.9 Å². The summed E-state index contributed by atoms with van der Waals surface area (Å²) in [5, 5.41) is 0.991. The number of carbonyl (C=O) groups is 1. The third-order valence-corrected chi connectivity index (χ3v) is 4.56. The molecule has 1 aromatic heterocycles. The standard InChI is InChI=1S/C17H30N2OS/c1-4-5-6-7-8-9-10-11-12-21-17-18-15(2)13-19(17)14-16(3)20/h13H,4-12,14H2,1-3H3. The van der Waals surface area contributed by atoms with Crippen molar-refractivity contribution in [2.45, 2.75) is 83.8 Å². The number of hydrogen-bond donors (Lipinski definition) is 0. The average Bonchev–Trinajstić information content (AvgIpc) is 2.76. The van der Waals surface area contributed by atoms with Crippen LogP contribution in [0.5, 0.6) is 0 Å². The molecule has 0 bridgehead atoms. The fourth-order valence-corrected chi connectivity index (χ4v) is 3.42. The Balaban J connectivity index is 2.13. The summed E-state index contributed by atoms with van der Waals surface area (Å²) in [6, 6.07) is 0. The van der Waals surface area contributed by atoms with E-state index in [0.29, 0.717) is 6.54 Å². The number of rotatable bonds is 12. The lowest BCUT2D eigenvalue weighted by molar-refractivity contribution is -0.117. The second-order valence-electron chi connectivity index (χ2n) is 5.82. The third kappa shape index (κ3) is 8.30. The topological polar surface area (TPSA) is 34.9 Å². The number of imidazole rings is 1. The van der Waals surface area contributed by atoms with E-state index in [-0.39, 0.29) is 5.78 Å². The predicted molar refractivity (Wildman–Crippen MR) is 91.0 cm³/mol. The molecule has 21 heavy (non-hydrogen) atoms. The van der Waals surface area contributed by atoms with E-state index in [2.05, 4.69) is 11.9 Å². The molecule has 1 rings (SSSR count). The van der Waals surface area contributed by atoms with Crippen molar-refractivity contribution in [1.82, 2.24) is 9.55 Å². The summed E-state index contributed by atoms with van der Waals surface area (Å²) in [6.45, 7) is 6.31. The molecule has 0 aliphatic heterocycles. The Morgan fingerprint density at radius 3 is 2.38 bits per heavy atom. The Labute approximate surface area is 133 Å². The van der Waals surface area contributed by atoms with Gasteiger partial charge >= 0.3 is 0 Å². The third-order valence-electron chi connectivity index (χ3n) is 3.48.